The van der Waals surface area contributed by atoms with Gasteiger partial charge >= 0.3 is 0 Å². The van der Waals surface area contributed by atoms with E-state index in [4.69, 9.17) is 9.15 Å². The Morgan fingerprint density at radius 3 is 2.64 bits per heavy atom. The molecule has 1 saturated heterocycles. The number of nitrogens with zero attached hydrogens (tertiary/aromatic N) is 1. The minimum absolute atomic E-state index is 0.434. The molecule has 0 spiro atoms. The Balaban J connectivity index is 1.48. The van der Waals surface area contributed by atoms with E-state index in [9.17, 15) is 0 Å². The molecule has 1 N–H and O–H groups in total. The average molecular weight is 300 g/mol. The fourth-order valence-corrected chi connectivity index (χ4v) is 2.74. The second kappa shape index (κ2) is 7.58. The molecule has 4 heteroatoms. The Bertz CT molecular complexity index is 561. The fourth-order valence-electron chi connectivity index (χ4n) is 2.74. The zero-order chi connectivity index (χ0) is 15.2. The van der Waals surface area contributed by atoms with E-state index in [1.54, 1.807) is 0 Å². The second-order valence-electron chi connectivity index (χ2n) is 5.83. The monoisotopic (exact) mass is 300 g/mol. The molecule has 2 aromatic rings. The molecule has 0 radical (unpaired) electrons. The van der Waals surface area contributed by atoms with Crippen molar-refractivity contribution in [2.24, 2.45) is 0 Å². The molecule has 1 fully saturated rings. The Morgan fingerprint density at radius 2 is 1.86 bits per heavy atom. The van der Waals surface area contributed by atoms with Crippen LogP contribution in [0.4, 0.5) is 0 Å². The average Bonchev–Trinajstić information content (AvgIpc) is 3.04. The molecule has 0 amide bonds. The van der Waals surface area contributed by atoms with E-state index < -0.39 is 0 Å². The summed E-state index contributed by atoms with van der Waals surface area (Å²) in [7, 11) is 0. The van der Waals surface area contributed by atoms with Gasteiger partial charge in [-0.1, -0.05) is 30.3 Å². The minimum atomic E-state index is 0.434. The Labute approximate surface area is 132 Å². The van der Waals surface area contributed by atoms with Crippen molar-refractivity contribution < 1.29 is 9.15 Å². The Morgan fingerprint density at radius 1 is 1.09 bits per heavy atom. The van der Waals surface area contributed by atoms with Crippen molar-refractivity contribution in [1.29, 1.82) is 0 Å². The molecule has 1 aromatic carbocycles. The molecule has 0 aliphatic carbocycles. The lowest BCUT2D eigenvalue weighted by molar-refractivity contribution is 0.0342. The van der Waals surface area contributed by atoms with Gasteiger partial charge in [-0.05, 0) is 19.1 Å². The summed E-state index contributed by atoms with van der Waals surface area (Å²) in [6.07, 6.45) is 0. The van der Waals surface area contributed by atoms with E-state index in [1.807, 2.05) is 24.3 Å². The van der Waals surface area contributed by atoms with Crippen LogP contribution >= 0.6 is 0 Å². The summed E-state index contributed by atoms with van der Waals surface area (Å²) < 4.78 is 11.3. The number of benzene rings is 1. The quantitative estimate of drug-likeness (QED) is 0.890. The van der Waals surface area contributed by atoms with Gasteiger partial charge < -0.3 is 14.5 Å². The molecule has 1 aliphatic rings. The molecule has 22 heavy (non-hydrogen) atoms. The maximum Gasteiger partial charge on any atom is 0.134 e. The van der Waals surface area contributed by atoms with Crippen LogP contribution in [-0.4, -0.2) is 43.8 Å². The maximum atomic E-state index is 5.91. The van der Waals surface area contributed by atoms with Gasteiger partial charge in [-0.3, -0.25) is 4.90 Å². The zero-order valence-corrected chi connectivity index (χ0v) is 13.1. The van der Waals surface area contributed by atoms with Gasteiger partial charge in [-0.25, -0.2) is 0 Å². The number of rotatable bonds is 6. The van der Waals surface area contributed by atoms with E-state index >= 15 is 0 Å². The van der Waals surface area contributed by atoms with Gasteiger partial charge in [0.05, 0.1) is 19.8 Å². The van der Waals surface area contributed by atoms with E-state index in [2.05, 4.69) is 35.3 Å². The Kier molecular flexibility index (Phi) is 5.27. The third-order valence-electron chi connectivity index (χ3n) is 3.98. The number of ether oxygens (including phenoxy) is 1. The summed E-state index contributed by atoms with van der Waals surface area (Å²) in [4.78, 5) is 2.44. The van der Waals surface area contributed by atoms with Crippen molar-refractivity contribution in [3.8, 4) is 11.3 Å². The van der Waals surface area contributed by atoms with Crippen molar-refractivity contribution >= 4 is 0 Å². The van der Waals surface area contributed by atoms with Crippen molar-refractivity contribution in [2.75, 3.05) is 32.8 Å². The van der Waals surface area contributed by atoms with Crippen LogP contribution in [-0.2, 0) is 11.3 Å². The summed E-state index contributed by atoms with van der Waals surface area (Å²) in [5.41, 5.74) is 1.12. The van der Waals surface area contributed by atoms with Gasteiger partial charge in [-0.15, -0.1) is 0 Å². The topological polar surface area (TPSA) is 37.6 Å². The lowest BCUT2D eigenvalue weighted by Crippen LogP contribution is -2.44. The lowest BCUT2D eigenvalue weighted by atomic mass is 10.2. The van der Waals surface area contributed by atoms with Gasteiger partial charge in [0.25, 0.3) is 0 Å². The highest BCUT2D eigenvalue weighted by molar-refractivity contribution is 5.57. The zero-order valence-electron chi connectivity index (χ0n) is 13.1. The van der Waals surface area contributed by atoms with Crippen LogP contribution in [0.3, 0.4) is 0 Å². The largest absolute Gasteiger partial charge is 0.460 e. The third-order valence-corrected chi connectivity index (χ3v) is 3.98. The van der Waals surface area contributed by atoms with Crippen molar-refractivity contribution in [3.05, 3.63) is 48.2 Å². The molecule has 4 nitrogen and oxygen atoms in total. The van der Waals surface area contributed by atoms with Crippen LogP contribution in [0.5, 0.6) is 0 Å². The number of hydrogen-bond donors (Lipinski definition) is 1. The highest BCUT2D eigenvalue weighted by Gasteiger charge is 2.13. The lowest BCUT2D eigenvalue weighted by Gasteiger charge is -2.29. The van der Waals surface area contributed by atoms with Gasteiger partial charge in [0.2, 0.25) is 0 Å². The Hall–Kier alpha value is -1.62. The predicted octanol–water partition coefficient (Wildman–Crippen LogP) is 2.76. The first kappa shape index (κ1) is 15.3. The molecule has 0 saturated carbocycles. The first-order valence-electron chi connectivity index (χ1n) is 7.99. The third kappa shape index (κ3) is 4.19. The number of furan rings is 1. The van der Waals surface area contributed by atoms with Crippen LogP contribution < -0.4 is 5.32 Å². The number of hydrogen-bond acceptors (Lipinski definition) is 4. The van der Waals surface area contributed by atoms with Crippen LogP contribution in [0, 0.1) is 0 Å². The maximum absolute atomic E-state index is 5.91. The first-order chi connectivity index (χ1) is 10.8. The van der Waals surface area contributed by atoms with Crippen molar-refractivity contribution in [1.82, 2.24) is 10.2 Å². The normalized spacial score (nSPS) is 17.5. The first-order valence-corrected chi connectivity index (χ1v) is 7.99. The van der Waals surface area contributed by atoms with Crippen molar-refractivity contribution in [2.45, 2.75) is 19.5 Å². The van der Waals surface area contributed by atoms with Gasteiger partial charge in [0, 0.05) is 31.2 Å². The standard InChI is InChI=1S/C18H24N2O2/c1-15(14-20-9-11-21-12-10-20)19-13-17-7-8-18(22-17)16-5-3-2-4-6-16/h2-8,15,19H,9-14H2,1H3. The molecule has 3 rings (SSSR count). The minimum Gasteiger partial charge on any atom is -0.460 e. The molecule has 118 valence electrons. The molecule has 1 aliphatic heterocycles. The summed E-state index contributed by atoms with van der Waals surface area (Å²) >= 11 is 0. The van der Waals surface area contributed by atoms with Gasteiger partial charge in [-0.2, -0.15) is 0 Å². The molecular formula is C18H24N2O2. The second-order valence-corrected chi connectivity index (χ2v) is 5.83. The highest BCUT2D eigenvalue weighted by atomic mass is 16.5. The molecule has 1 aromatic heterocycles. The fraction of sp³-hybridized carbons (Fsp3) is 0.444. The summed E-state index contributed by atoms with van der Waals surface area (Å²) in [5, 5.41) is 3.53. The van der Waals surface area contributed by atoms with E-state index in [0.717, 1.165) is 56.5 Å². The SMILES string of the molecule is CC(CN1CCOCC1)NCc1ccc(-c2ccccc2)o1. The highest BCUT2D eigenvalue weighted by Crippen LogP contribution is 2.21. The molecule has 1 unspecified atom stereocenters. The van der Waals surface area contributed by atoms with E-state index in [0.29, 0.717) is 6.04 Å². The number of nitrogens with one attached hydrogen (secondary N) is 1. The van der Waals surface area contributed by atoms with Crippen LogP contribution in [0.25, 0.3) is 11.3 Å². The van der Waals surface area contributed by atoms with Crippen LogP contribution in [0.15, 0.2) is 46.9 Å². The van der Waals surface area contributed by atoms with Crippen molar-refractivity contribution in [3.63, 3.8) is 0 Å². The summed E-state index contributed by atoms with van der Waals surface area (Å²) in [6.45, 7) is 7.80. The smallest absolute Gasteiger partial charge is 0.134 e. The van der Waals surface area contributed by atoms with Gasteiger partial charge in [0.1, 0.15) is 11.5 Å². The molecule has 0 bridgehead atoms. The van der Waals surface area contributed by atoms with Crippen LogP contribution in [0.1, 0.15) is 12.7 Å². The summed E-state index contributed by atoms with van der Waals surface area (Å²) in [6, 6.07) is 14.7. The van der Waals surface area contributed by atoms with E-state index in [1.165, 1.54) is 0 Å². The molecular weight excluding hydrogens is 276 g/mol. The number of morpholine rings is 1. The molecule has 1 atom stereocenters. The predicted molar refractivity (Wildman–Crippen MR) is 87.7 cm³/mol. The summed E-state index contributed by atoms with van der Waals surface area (Å²) in [5.74, 6) is 1.91. The molecule has 2 heterocycles. The van der Waals surface area contributed by atoms with Crippen LogP contribution in [0.2, 0.25) is 0 Å². The van der Waals surface area contributed by atoms with Gasteiger partial charge in [0.15, 0.2) is 0 Å². The van der Waals surface area contributed by atoms with E-state index in [-0.39, 0.29) is 0 Å².